The number of amides is 1. The highest BCUT2D eigenvalue weighted by molar-refractivity contribution is 9.13. The topological polar surface area (TPSA) is 34.0 Å². The van der Waals surface area contributed by atoms with Gasteiger partial charge in [0, 0.05) is 17.3 Å². The van der Waals surface area contributed by atoms with Gasteiger partial charge in [0.2, 0.25) is 0 Å². The number of carbonyl (C=O) groups excluding carboxylic acids is 1. The summed E-state index contributed by atoms with van der Waals surface area (Å²) in [6.45, 7) is 2.69. The quantitative estimate of drug-likeness (QED) is 0.770. The van der Waals surface area contributed by atoms with E-state index in [1.54, 1.807) is 30.3 Å². The molecule has 0 aliphatic heterocycles. The van der Waals surface area contributed by atoms with Crippen molar-refractivity contribution >= 4 is 55.1 Å². The molecule has 0 saturated carbocycles. The van der Waals surface area contributed by atoms with Crippen LogP contribution in [-0.2, 0) is 6.54 Å². The molecule has 1 heterocycles. The summed E-state index contributed by atoms with van der Waals surface area (Å²) in [7, 11) is 0. The summed E-state index contributed by atoms with van der Waals surface area (Å²) < 4.78 is 3.60. The second-order valence-corrected chi connectivity index (χ2v) is 5.92. The van der Waals surface area contributed by atoms with Crippen molar-refractivity contribution in [3.05, 3.63) is 50.1 Å². The van der Waals surface area contributed by atoms with Gasteiger partial charge in [-0.05, 0) is 69.1 Å². The van der Waals surface area contributed by atoms with Crippen molar-refractivity contribution in [2.75, 3.05) is 5.32 Å². The van der Waals surface area contributed by atoms with Crippen molar-refractivity contribution in [3.8, 4) is 0 Å². The van der Waals surface area contributed by atoms with Gasteiger partial charge in [-0.25, -0.2) is 0 Å². The minimum absolute atomic E-state index is 0.157. The molecule has 2 aromatic rings. The summed E-state index contributed by atoms with van der Waals surface area (Å²) in [5, 5.41) is 3.48. The van der Waals surface area contributed by atoms with Crippen LogP contribution in [0.2, 0.25) is 5.02 Å². The second-order valence-electron chi connectivity index (χ2n) is 3.87. The van der Waals surface area contributed by atoms with E-state index in [2.05, 4.69) is 37.2 Å². The molecule has 0 aliphatic rings. The Hall–Kier alpha value is -0.780. The summed E-state index contributed by atoms with van der Waals surface area (Å²) in [6, 6.07) is 8.80. The molecule has 2 rings (SSSR count). The van der Waals surface area contributed by atoms with Crippen molar-refractivity contribution in [2.45, 2.75) is 13.5 Å². The first-order chi connectivity index (χ1) is 9.02. The van der Waals surface area contributed by atoms with E-state index in [-0.39, 0.29) is 5.91 Å². The van der Waals surface area contributed by atoms with Crippen molar-refractivity contribution in [2.24, 2.45) is 0 Å². The SMILES string of the molecule is CCn1c(C(=O)Nc2ccc(Cl)cc2)cc(Br)c1Br. The van der Waals surface area contributed by atoms with Crippen LogP contribution in [0.1, 0.15) is 17.4 Å². The first-order valence-electron chi connectivity index (χ1n) is 5.64. The molecule has 1 aromatic carbocycles. The van der Waals surface area contributed by atoms with Crippen molar-refractivity contribution in [1.29, 1.82) is 0 Å². The minimum atomic E-state index is -0.157. The molecule has 1 N–H and O–H groups in total. The Morgan fingerprint density at radius 1 is 1.32 bits per heavy atom. The Morgan fingerprint density at radius 3 is 2.53 bits per heavy atom. The van der Waals surface area contributed by atoms with Gasteiger partial charge in [0.05, 0.1) is 9.08 Å². The lowest BCUT2D eigenvalue weighted by Gasteiger charge is -2.08. The highest BCUT2D eigenvalue weighted by atomic mass is 79.9. The number of hydrogen-bond donors (Lipinski definition) is 1. The first kappa shape index (κ1) is 14.6. The summed E-state index contributed by atoms with van der Waals surface area (Å²) >= 11 is 12.7. The van der Waals surface area contributed by atoms with Crippen LogP contribution in [0.4, 0.5) is 5.69 Å². The van der Waals surface area contributed by atoms with Crippen LogP contribution < -0.4 is 5.32 Å². The molecular weight excluding hydrogens is 395 g/mol. The molecule has 0 bridgehead atoms. The maximum absolute atomic E-state index is 12.2. The molecule has 0 aliphatic carbocycles. The fourth-order valence-electron chi connectivity index (χ4n) is 1.72. The molecule has 0 unspecified atom stereocenters. The number of carbonyl (C=O) groups is 1. The zero-order valence-electron chi connectivity index (χ0n) is 10.1. The zero-order valence-corrected chi connectivity index (χ0v) is 14.0. The van der Waals surface area contributed by atoms with Gasteiger partial charge >= 0.3 is 0 Å². The van der Waals surface area contributed by atoms with E-state index < -0.39 is 0 Å². The number of anilines is 1. The van der Waals surface area contributed by atoms with Gasteiger partial charge in [-0.1, -0.05) is 11.6 Å². The van der Waals surface area contributed by atoms with Crippen LogP contribution in [0.15, 0.2) is 39.4 Å². The van der Waals surface area contributed by atoms with Crippen LogP contribution in [0.5, 0.6) is 0 Å². The van der Waals surface area contributed by atoms with E-state index in [9.17, 15) is 4.79 Å². The third kappa shape index (κ3) is 3.22. The van der Waals surface area contributed by atoms with Gasteiger partial charge in [-0.2, -0.15) is 0 Å². The lowest BCUT2D eigenvalue weighted by molar-refractivity contribution is 0.101. The molecule has 0 fully saturated rings. The van der Waals surface area contributed by atoms with E-state index in [0.717, 1.165) is 9.08 Å². The van der Waals surface area contributed by atoms with E-state index in [4.69, 9.17) is 11.6 Å². The predicted octanol–water partition coefficient (Wildman–Crippen LogP) is 4.94. The molecule has 3 nitrogen and oxygen atoms in total. The average Bonchev–Trinajstić information content (AvgIpc) is 2.68. The molecule has 6 heteroatoms. The predicted molar refractivity (Wildman–Crippen MR) is 84.9 cm³/mol. The maximum atomic E-state index is 12.2. The second kappa shape index (κ2) is 6.11. The Labute approximate surface area is 133 Å². The van der Waals surface area contributed by atoms with Gasteiger partial charge in [0.1, 0.15) is 5.69 Å². The van der Waals surface area contributed by atoms with E-state index >= 15 is 0 Å². The van der Waals surface area contributed by atoms with Crippen molar-refractivity contribution < 1.29 is 4.79 Å². The molecule has 0 saturated heterocycles. The highest BCUT2D eigenvalue weighted by Crippen LogP contribution is 2.28. The minimum Gasteiger partial charge on any atom is -0.331 e. The number of benzene rings is 1. The molecule has 0 atom stereocenters. The summed E-state index contributed by atoms with van der Waals surface area (Å²) in [6.07, 6.45) is 0. The van der Waals surface area contributed by atoms with Crippen LogP contribution in [-0.4, -0.2) is 10.5 Å². The van der Waals surface area contributed by atoms with Gasteiger partial charge in [0.25, 0.3) is 5.91 Å². The lowest BCUT2D eigenvalue weighted by atomic mass is 10.3. The molecule has 19 heavy (non-hydrogen) atoms. The number of nitrogens with one attached hydrogen (secondary N) is 1. The number of nitrogens with zero attached hydrogens (tertiary/aromatic N) is 1. The Morgan fingerprint density at radius 2 is 1.95 bits per heavy atom. The Kier molecular flexibility index (Phi) is 4.71. The molecular formula is C13H11Br2ClN2O. The third-order valence-electron chi connectivity index (χ3n) is 2.64. The van der Waals surface area contributed by atoms with Crippen LogP contribution in [0, 0.1) is 0 Å². The monoisotopic (exact) mass is 404 g/mol. The van der Waals surface area contributed by atoms with E-state index in [0.29, 0.717) is 22.9 Å². The normalized spacial score (nSPS) is 10.5. The standard InChI is InChI=1S/C13H11Br2ClN2O/c1-2-18-11(7-10(14)12(18)15)13(19)17-9-5-3-8(16)4-6-9/h3-7H,2H2,1H3,(H,17,19). The number of hydrogen-bond acceptors (Lipinski definition) is 1. The van der Waals surface area contributed by atoms with Gasteiger partial charge in [-0.3, -0.25) is 4.79 Å². The number of aromatic nitrogens is 1. The highest BCUT2D eigenvalue weighted by Gasteiger charge is 2.16. The zero-order chi connectivity index (χ0) is 14.0. The van der Waals surface area contributed by atoms with Crippen LogP contribution in [0.3, 0.4) is 0 Å². The molecule has 0 spiro atoms. The fraction of sp³-hybridized carbons (Fsp3) is 0.154. The first-order valence-corrected chi connectivity index (χ1v) is 7.60. The lowest BCUT2D eigenvalue weighted by Crippen LogP contribution is -2.16. The van der Waals surface area contributed by atoms with Crippen molar-refractivity contribution in [1.82, 2.24) is 4.57 Å². The maximum Gasteiger partial charge on any atom is 0.272 e. The molecule has 1 amide bonds. The fourth-order valence-corrected chi connectivity index (χ4v) is 2.83. The largest absolute Gasteiger partial charge is 0.331 e. The Balaban J connectivity index is 2.25. The summed E-state index contributed by atoms with van der Waals surface area (Å²) in [4.78, 5) is 12.2. The number of rotatable bonds is 3. The Bertz CT molecular complexity index is 608. The average molecular weight is 407 g/mol. The van der Waals surface area contributed by atoms with Gasteiger partial charge in [0.15, 0.2) is 0 Å². The summed E-state index contributed by atoms with van der Waals surface area (Å²) in [5.74, 6) is -0.157. The van der Waals surface area contributed by atoms with Gasteiger partial charge in [-0.15, -0.1) is 0 Å². The molecule has 1 aromatic heterocycles. The molecule has 0 radical (unpaired) electrons. The van der Waals surface area contributed by atoms with Crippen molar-refractivity contribution in [3.63, 3.8) is 0 Å². The van der Waals surface area contributed by atoms with Crippen LogP contribution in [0.25, 0.3) is 0 Å². The van der Waals surface area contributed by atoms with E-state index in [1.807, 2.05) is 11.5 Å². The smallest absolute Gasteiger partial charge is 0.272 e. The summed E-state index contributed by atoms with van der Waals surface area (Å²) in [5.41, 5.74) is 1.31. The van der Waals surface area contributed by atoms with Crippen LogP contribution >= 0.6 is 43.5 Å². The van der Waals surface area contributed by atoms with Gasteiger partial charge < -0.3 is 9.88 Å². The molecule has 100 valence electrons. The van der Waals surface area contributed by atoms with E-state index in [1.165, 1.54) is 0 Å². The third-order valence-corrected chi connectivity index (χ3v) is 4.88. The number of halogens is 3.